The lowest BCUT2D eigenvalue weighted by Gasteiger charge is -2.04. The van der Waals surface area contributed by atoms with Gasteiger partial charge >= 0.3 is 27.2 Å². The smallest absolute Gasteiger partial charge is 0.357 e. The van der Waals surface area contributed by atoms with Gasteiger partial charge in [-0.1, -0.05) is 18.2 Å². The van der Waals surface area contributed by atoms with Crippen molar-refractivity contribution in [3.8, 4) is 5.75 Å². The molecular formula is C16H16IO3+. The predicted octanol–water partition coefficient (Wildman–Crippen LogP) is -0.243. The molecule has 0 saturated heterocycles. The minimum atomic E-state index is -0.340. The molecule has 0 bridgehead atoms. The van der Waals surface area contributed by atoms with E-state index >= 15 is 0 Å². The van der Waals surface area contributed by atoms with Gasteiger partial charge in [-0.15, -0.1) is 0 Å². The Morgan fingerprint density at radius 2 is 1.65 bits per heavy atom. The Morgan fingerprint density at radius 3 is 2.30 bits per heavy atom. The molecule has 3 nitrogen and oxygen atoms in total. The number of hydrogen-bond donors (Lipinski definition) is 0. The van der Waals surface area contributed by atoms with E-state index in [0.717, 1.165) is 0 Å². The molecule has 0 aromatic heterocycles. The zero-order valence-corrected chi connectivity index (χ0v) is 13.4. The molecule has 0 amide bonds. The van der Waals surface area contributed by atoms with Gasteiger partial charge in [0.05, 0.1) is 6.61 Å². The number of halogens is 1. The molecule has 0 radical (unpaired) electrons. The van der Waals surface area contributed by atoms with Crippen molar-refractivity contribution in [1.82, 2.24) is 0 Å². The first-order valence-corrected chi connectivity index (χ1v) is 8.52. The Hall–Kier alpha value is -1.56. The Labute approximate surface area is 129 Å². The molecule has 2 aromatic rings. The molecule has 0 aliphatic heterocycles. The Morgan fingerprint density at radius 1 is 1.00 bits per heavy atom. The minimum Gasteiger partial charge on any atom is -0.482 e. The second-order valence-electron chi connectivity index (χ2n) is 3.94. The van der Waals surface area contributed by atoms with Gasteiger partial charge in [-0.2, -0.15) is 0 Å². The van der Waals surface area contributed by atoms with E-state index in [1.807, 2.05) is 18.2 Å². The summed E-state index contributed by atoms with van der Waals surface area (Å²) < 4.78 is 12.9. The molecule has 0 aliphatic carbocycles. The molecule has 104 valence electrons. The van der Waals surface area contributed by atoms with Crippen LogP contribution >= 0.6 is 0 Å². The van der Waals surface area contributed by atoms with Crippen molar-refractivity contribution in [2.45, 2.75) is 6.92 Å². The van der Waals surface area contributed by atoms with E-state index in [1.165, 1.54) is 7.14 Å². The van der Waals surface area contributed by atoms with Crippen molar-refractivity contribution in [2.75, 3.05) is 13.2 Å². The lowest BCUT2D eigenvalue weighted by atomic mass is 10.3. The summed E-state index contributed by atoms with van der Waals surface area (Å²) in [4.78, 5) is 11.2. The molecular weight excluding hydrogens is 367 g/mol. The van der Waals surface area contributed by atoms with Crippen molar-refractivity contribution < 1.29 is 35.5 Å². The fourth-order valence-corrected chi connectivity index (χ4v) is 3.76. The molecule has 2 aromatic carbocycles. The maximum absolute atomic E-state index is 11.2. The average molecular weight is 383 g/mol. The molecule has 2 rings (SSSR count). The van der Waals surface area contributed by atoms with Gasteiger partial charge in [-0.25, -0.2) is 4.79 Å². The molecule has 20 heavy (non-hydrogen) atoms. The van der Waals surface area contributed by atoms with Crippen molar-refractivity contribution in [2.24, 2.45) is 0 Å². The van der Waals surface area contributed by atoms with Crippen molar-refractivity contribution in [3.63, 3.8) is 0 Å². The SMILES string of the molecule is CCOC(=O)COc1ccc([I+]c2ccccc2)cc1. The van der Waals surface area contributed by atoms with Gasteiger partial charge in [0.1, 0.15) is 5.75 Å². The highest BCUT2D eigenvalue weighted by Gasteiger charge is 2.14. The van der Waals surface area contributed by atoms with Crippen molar-refractivity contribution in [1.29, 1.82) is 0 Å². The summed E-state index contributed by atoms with van der Waals surface area (Å²) in [6.45, 7) is 2.11. The maximum Gasteiger partial charge on any atom is 0.357 e. The van der Waals surface area contributed by atoms with Crippen LogP contribution in [0, 0.1) is 7.14 Å². The lowest BCUT2D eigenvalue weighted by molar-refractivity contribution is -0.597. The quantitative estimate of drug-likeness (QED) is 0.510. The van der Waals surface area contributed by atoms with E-state index < -0.39 is 0 Å². The van der Waals surface area contributed by atoms with Crippen LogP contribution in [-0.2, 0) is 9.53 Å². The van der Waals surface area contributed by atoms with Crippen LogP contribution in [0.2, 0.25) is 0 Å². The van der Waals surface area contributed by atoms with Gasteiger partial charge in [-0.3, -0.25) is 0 Å². The van der Waals surface area contributed by atoms with Gasteiger partial charge in [-0.05, 0) is 43.3 Å². The van der Waals surface area contributed by atoms with Gasteiger partial charge in [0.2, 0.25) is 0 Å². The first-order valence-electron chi connectivity index (χ1n) is 6.36. The number of hydrogen-bond acceptors (Lipinski definition) is 3. The number of carbonyl (C=O) groups is 1. The van der Waals surface area contributed by atoms with Gasteiger partial charge < -0.3 is 9.47 Å². The molecule has 0 atom stereocenters. The summed E-state index contributed by atoms with van der Waals surface area (Å²) in [5, 5.41) is 0. The van der Waals surface area contributed by atoms with Crippen LogP contribution in [0.25, 0.3) is 0 Å². The summed E-state index contributed by atoms with van der Waals surface area (Å²) >= 11 is -0.160. The topological polar surface area (TPSA) is 35.5 Å². The largest absolute Gasteiger partial charge is 0.482 e. The highest BCUT2D eigenvalue weighted by atomic mass is 127. The van der Waals surface area contributed by atoms with Crippen LogP contribution in [0.1, 0.15) is 6.92 Å². The summed E-state index contributed by atoms with van der Waals surface area (Å²) in [5.41, 5.74) is 0. The van der Waals surface area contributed by atoms with E-state index in [-0.39, 0.29) is 33.8 Å². The normalized spacial score (nSPS) is 10.1. The van der Waals surface area contributed by atoms with Crippen molar-refractivity contribution in [3.05, 3.63) is 61.7 Å². The van der Waals surface area contributed by atoms with E-state index in [1.54, 1.807) is 6.92 Å². The standard InChI is InChI=1S/C16H16IO3/c1-2-19-16(18)12-20-15-10-8-14(9-11-15)17-13-6-4-3-5-7-13/h3-11H,2,12H2,1H3/q+1. The molecule has 0 aliphatic rings. The first kappa shape index (κ1) is 14.8. The third kappa shape index (κ3) is 4.85. The van der Waals surface area contributed by atoms with Gasteiger partial charge in [0.25, 0.3) is 0 Å². The van der Waals surface area contributed by atoms with Crippen molar-refractivity contribution >= 4 is 5.97 Å². The molecule has 0 fully saturated rings. The van der Waals surface area contributed by atoms with Gasteiger partial charge in [0, 0.05) is 0 Å². The highest BCUT2D eigenvalue weighted by Crippen LogP contribution is 2.08. The number of esters is 1. The zero-order chi connectivity index (χ0) is 14.2. The zero-order valence-electron chi connectivity index (χ0n) is 11.2. The Kier molecular flexibility index (Phi) is 5.86. The summed E-state index contributed by atoms with van der Waals surface area (Å²) in [5.74, 6) is 0.354. The molecule has 0 unspecified atom stereocenters. The van der Waals surface area contributed by atoms with E-state index in [9.17, 15) is 4.79 Å². The molecule has 0 heterocycles. The number of benzene rings is 2. The maximum atomic E-state index is 11.2. The monoisotopic (exact) mass is 383 g/mol. The summed E-state index contributed by atoms with van der Waals surface area (Å²) in [6.07, 6.45) is 0. The van der Waals surface area contributed by atoms with Gasteiger partial charge in [0.15, 0.2) is 13.7 Å². The average Bonchev–Trinajstić information content (AvgIpc) is 2.48. The van der Waals surface area contributed by atoms with Crippen LogP contribution in [0.5, 0.6) is 5.75 Å². The number of rotatable bonds is 6. The van der Waals surface area contributed by atoms with Crippen LogP contribution < -0.4 is 25.9 Å². The van der Waals surface area contributed by atoms with E-state index in [0.29, 0.717) is 12.4 Å². The minimum absolute atomic E-state index is 0.0408. The molecule has 0 saturated carbocycles. The van der Waals surface area contributed by atoms with E-state index in [2.05, 4.69) is 36.4 Å². The fourth-order valence-electron chi connectivity index (χ4n) is 1.54. The number of carbonyl (C=O) groups excluding carboxylic acids is 1. The molecule has 0 spiro atoms. The second-order valence-corrected chi connectivity index (χ2v) is 6.97. The fraction of sp³-hybridized carbons (Fsp3) is 0.188. The van der Waals surface area contributed by atoms with Crippen LogP contribution in [-0.4, -0.2) is 19.2 Å². The highest BCUT2D eigenvalue weighted by molar-refractivity contribution is 5.71. The predicted molar refractivity (Wildman–Crippen MR) is 72.4 cm³/mol. The first-order chi connectivity index (χ1) is 9.78. The molecule has 4 heteroatoms. The summed E-state index contributed by atoms with van der Waals surface area (Å²) in [6, 6.07) is 18.4. The third-order valence-electron chi connectivity index (χ3n) is 2.43. The number of ether oxygens (including phenoxy) is 2. The lowest BCUT2D eigenvalue weighted by Crippen LogP contribution is -3.61. The van der Waals surface area contributed by atoms with E-state index in [4.69, 9.17) is 9.47 Å². The Balaban J connectivity index is 1.88. The summed E-state index contributed by atoms with van der Waals surface area (Å²) in [7, 11) is 0. The second kappa shape index (κ2) is 7.89. The Bertz CT molecular complexity index is 537. The molecule has 0 N–H and O–H groups in total. The van der Waals surface area contributed by atoms with Crippen LogP contribution in [0.3, 0.4) is 0 Å². The van der Waals surface area contributed by atoms with Crippen LogP contribution in [0.4, 0.5) is 0 Å². The third-order valence-corrected chi connectivity index (χ3v) is 5.11. The van der Waals surface area contributed by atoms with Crippen LogP contribution in [0.15, 0.2) is 54.6 Å².